The lowest BCUT2D eigenvalue weighted by Gasteiger charge is -2.01. The average Bonchev–Trinajstić information content (AvgIpc) is 3.07. The molecule has 4 rings (SSSR count). The lowest BCUT2D eigenvalue weighted by atomic mass is 10.1. The number of ether oxygens (including phenoxy) is 1. The fourth-order valence-electron chi connectivity index (χ4n) is 2.85. The maximum atomic E-state index is 12.4. The van der Waals surface area contributed by atoms with Gasteiger partial charge in [0.2, 0.25) is 0 Å². The van der Waals surface area contributed by atoms with E-state index in [1.165, 1.54) is 4.52 Å². The van der Waals surface area contributed by atoms with E-state index >= 15 is 0 Å². The van der Waals surface area contributed by atoms with Crippen LogP contribution in [-0.4, -0.2) is 21.7 Å². The number of aromatic nitrogens is 3. The van der Waals surface area contributed by atoms with E-state index < -0.39 is 0 Å². The van der Waals surface area contributed by atoms with Crippen molar-refractivity contribution in [1.82, 2.24) is 14.6 Å². The molecular weight excluding hydrogens is 314 g/mol. The highest BCUT2D eigenvalue weighted by Gasteiger charge is 2.08. The number of fused-ring (bicyclic) bond motifs is 1. The molecule has 1 N–H and O–H groups in total. The van der Waals surface area contributed by atoms with Gasteiger partial charge in [0.05, 0.1) is 18.5 Å². The molecule has 0 aliphatic heterocycles. The summed E-state index contributed by atoms with van der Waals surface area (Å²) in [6.45, 7) is 0. The number of hydrogen-bond acceptors (Lipinski definition) is 3. The van der Waals surface area contributed by atoms with Gasteiger partial charge in [-0.3, -0.25) is 9.89 Å². The second-order valence-electron chi connectivity index (χ2n) is 5.84. The molecule has 124 valence electrons. The minimum atomic E-state index is -0.115. The van der Waals surface area contributed by atoms with Gasteiger partial charge in [0.1, 0.15) is 5.75 Å². The van der Waals surface area contributed by atoms with Crippen LogP contribution in [0.2, 0.25) is 0 Å². The maximum absolute atomic E-state index is 12.4. The lowest BCUT2D eigenvalue weighted by molar-refractivity contribution is 0.415. The Labute approximate surface area is 144 Å². The van der Waals surface area contributed by atoms with Gasteiger partial charge >= 0.3 is 0 Å². The number of hydrogen-bond donors (Lipinski definition) is 1. The van der Waals surface area contributed by atoms with Gasteiger partial charge < -0.3 is 4.74 Å². The molecule has 0 aliphatic carbocycles. The topological polar surface area (TPSA) is 59.4 Å². The van der Waals surface area contributed by atoms with Crippen LogP contribution in [0, 0.1) is 0 Å². The Balaban J connectivity index is 1.72. The molecule has 0 spiro atoms. The third kappa shape index (κ3) is 3.04. The monoisotopic (exact) mass is 331 g/mol. The molecule has 0 atom stereocenters. The largest absolute Gasteiger partial charge is 0.497 e. The minimum absolute atomic E-state index is 0.115. The van der Waals surface area contributed by atoms with Crippen molar-refractivity contribution in [3.63, 3.8) is 0 Å². The summed E-state index contributed by atoms with van der Waals surface area (Å²) < 4.78 is 6.64. The highest BCUT2D eigenvalue weighted by atomic mass is 16.5. The third-order valence-corrected chi connectivity index (χ3v) is 4.13. The molecule has 5 heteroatoms. The van der Waals surface area contributed by atoms with E-state index in [1.54, 1.807) is 13.2 Å². The first-order valence-corrected chi connectivity index (χ1v) is 8.03. The van der Waals surface area contributed by atoms with Gasteiger partial charge in [0, 0.05) is 18.6 Å². The second-order valence-corrected chi connectivity index (χ2v) is 5.84. The number of benzene rings is 2. The standard InChI is InChI=1S/C20H17N3O2/c1-25-17-9-7-15(8-10-17)18-13-19-21-16(12-20(24)23(19)22-18)11-14-5-3-2-4-6-14/h2-10,12-13,22H,11H2,1H3. The first kappa shape index (κ1) is 15.2. The molecule has 0 aliphatic rings. The third-order valence-electron chi connectivity index (χ3n) is 4.13. The van der Waals surface area contributed by atoms with E-state index in [0.717, 1.165) is 28.3 Å². The molecule has 2 aromatic heterocycles. The van der Waals surface area contributed by atoms with E-state index in [-0.39, 0.29) is 5.56 Å². The summed E-state index contributed by atoms with van der Waals surface area (Å²) in [5, 5.41) is 3.11. The maximum Gasteiger partial charge on any atom is 0.272 e. The van der Waals surface area contributed by atoms with Crippen LogP contribution in [0.4, 0.5) is 0 Å². The summed E-state index contributed by atoms with van der Waals surface area (Å²) in [5.74, 6) is 0.792. The molecule has 0 bridgehead atoms. The lowest BCUT2D eigenvalue weighted by Crippen LogP contribution is -2.15. The van der Waals surface area contributed by atoms with Crippen LogP contribution in [0.25, 0.3) is 16.9 Å². The molecule has 25 heavy (non-hydrogen) atoms. The van der Waals surface area contributed by atoms with Gasteiger partial charge in [-0.25, -0.2) is 9.50 Å². The van der Waals surface area contributed by atoms with Crippen molar-refractivity contribution in [3.8, 4) is 17.0 Å². The van der Waals surface area contributed by atoms with Crippen molar-refractivity contribution in [1.29, 1.82) is 0 Å². The second kappa shape index (κ2) is 6.28. The van der Waals surface area contributed by atoms with E-state index in [9.17, 15) is 4.79 Å². The molecular formula is C20H17N3O2. The zero-order chi connectivity index (χ0) is 17.2. The van der Waals surface area contributed by atoms with E-state index in [1.807, 2.05) is 60.7 Å². The Morgan fingerprint density at radius 2 is 1.80 bits per heavy atom. The minimum Gasteiger partial charge on any atom is -0.497 e. The summed E-state index contributed by atoms with van der Waals surface area (Å²) >= 11 is 0. The number of aromatic amines is 1. The van der Waals surface area contributed by atoms with Gasteiger partial charge in [0.25, 0.3) is 5.56 Å². The normalized spacial score (nSPS) is 10.9. The van der Waals surface area contributed by atoms with Gasteiger partial charge in [-0.05, 0) is 35.4 Å². The summed E-state index contributed by atoms with van der Waals surface area (Å²) in [4.78, 5) is 17.0. The van der Waals surface area contributed by atoms with Crippen LogP contribution < -0.4 is 10.3 Å². The van der Waals surface area contributed by atoms with Gasteiger partial charge in [-0.2, -0.15) is 0 Å². The summed E-state index contributed by atoms with van der Waals surface area (Å²) in [6.07, 6.45) is 0.635. The smallest absolute Gasteiger partial charge is 0.272 e. The summed E-state index contributed by atoms with van der Waals surface area (Å²) in [6, 6.07) is 21.1. The molecule has 0 unspecified atom stereocenters. The van der Waals surface area contributed by atoms with Crippen molar-refractivity contribution in [2.24, 2.45) is 0 Å². The number of rotatable bonds is 4. The molecule has 2 heterocycles. The molecule has 5 nitrogen and oxygen atoms in total. The quantitative estimate of drug-likeness (QED) is 0.624. The van der Waals surface area contributed by atoms with Crippen LogP contribution in [0.15, 0.2) is 71.5 Å². The number of nitrogens with zero attached hydrogens (tertiary/aromatic N) is 2. The van der Waals surface area contributed by atoms with Crippen molar-refractivity contribution in [3.05, 3.63) is 88.3 Å². The van der Waals surface area contributed by atoms with Gasteiger partial charge in [-0.1, -0.05) is 30.3 Å². The first-order chi connectivity index (χ1) is 12.2. The molecule has 0 radical (unpaired) electrons. The fraction of sp³-hybridized carbons (Fsp3) is 0.100. The fourth-order valence-corrected chi connectivity index (χ4v) is 2.85. The Morgan fingerprint density at radius 1 is 1.04 bits per heavy atom. The molecule has 0 amide bonds. The predicted octanol–water partition coefficient (Wildman–Crippen LogP) is 3.29. The molecule has 0 fully saturated rings. The Bertz CT molecular complexity index is 1060. The van der Waals surface area contributed by atoms with Crippen LogP contribution in [0.3, 0.4) is 0 Å². The zero-order valence-corrected chi connectivity index (χ0v) is 13.8. The Hall–Kier alpha value is -3.34. The predicted molar refractivity (Wildman–Crippen MR) is 97.0 cm³/mol. The number of H-pyrrole nitrogens is 1. The zero-order valence-electron chi connectivity index (χ0n) is 13.8. The van der Waals surface area contributed by atoms with Gasteiger partial charge in [-0.15, -0.1) is 0 Å². The van der Waals surface area contributed by atoms with Crippen LogP contribution in [-0.2, 0) is 6.42 Å². The highest BCUT2D eigenvalue weighted by molar-refractivity contribution is 5.64. The Kier molecular flexibility index (Phi) is 3.82. The summed E-state index contributed by atoms with van der Waals surface area (Å²) in [5.41, 5.74) is 4.19. The first-order valence-electron chi connectivity index (χ1n) is 8.03. The van der Waals surface area contributed by atoms with E-state index in [2.05, 4.69) is 10.1 Å². The highest BCUT2D eigenvalue weighted by Crippen LogP contribution is 2.21. The average molecular weight is 331 g/mol. The van der Waals surface area contributed by atoms with Crippen LogP contribution in [0.5, 0.6) is 5.75 Å². The van der Waals surface area contributed by atoms with Crippen molar-refractivity contribution in [2.45, 2.75) is 6.42 Å². The molecule has 0 saturated heterocycles. The van der Waals surface area contributed by atoms with Crippen molar-refractivity contribution in [2.75, 3.05) is 7.11 Å². The molecule has 4 aromatic rings. The van der Waals surface area contributed by atoms with E-state index in [0.29, 0.717) is 12.1 Å². The van der Waals surface area contributed by atoms with Crippen LogP contribution in [0.1, 0.15) is 11.3 Å². The summed E-state index contributed by atoms with van der Waals surface area (Å²) in [7, 11) is 1.63. The van der Waals surface area contributed by atoms with E-state index in [4.69, 9.17) is 4.74 Å². The SMILES string of the molecule is COc1ccc(-c2cc3nc(Cc4ccccc4)cc(=O)n3[nH]2)cc1. The number of nitrogens with one attached hydrogen (secondary N) is 1. The van der Waals surface area contributed by atoms with Crippen molar-refractivity contribution >= 4 is 5.65 Å². The van der Waals surface area contributed by atoms with Crippen LogP contribution >= 0.6 is 0 Å². The Morgan fingerprint density at radius 3 is 2.52 bits per heavy atom. The van der Waals surface area contributed by atoms with Gasteiger partial charge in [0.15, 0.2) is 5.65 Å². The number of methoxy groups -OCH3 is 1. The van der Waals surface area contributed by atoms with Crippen molar-refractivity contribution < 1.29 is 4.74 Å². The molecule has 2 aromatic carbocycles. The molecule has 0 saturated carbocycles.